The van der Waals surface area contributed by atoms with E-state index in [0.29, 0.717) is 5.92 Å². The van der Waals surface area contributed by atoms with Crippen LogP contribution in [0.3, 0.4) is 0 Å². The van der Waals surface area contributed by atoms with Crippen molar-refractivity contribution in [2.45, 2.75) is 25.3 Å². The van der Waals surface area contributed by atoms with E-state index in [-0.39, 0.29) is 17.9 Å². The van der Waals surface area contributed by atoms with E-state index in [0.717, 1.165) is 23.1 Å². The fourth-order valence-electron chi connectivity index (χ4n) is 3.48. The summed E-state index contributed by atoms with van der Waals surface area (Å²) in [5.74, 6) is 0.615. The molecular formula is C23H22N2O. The van der Waals surface area contributed by atoms with Crippen molar-refractivity contribution in [1.82, 2.24) is 10.3 Å². The Bertz CT molecular complexity index is 892. The molecule has 130 valence electrons. The van der Waals surface area contributed by atoms with Gasteiger partial charge in [-0.25, -0.2) is 0 Å². The molecule has 1 saturated carbocycles. The average molecular weight is 342 g/mol. The van der Waals surface area contributed by atoms with Crippen LogP contribution in [-0.4, -0.2) is 10.9 Å². The first-order valence-electron chi connectivity index (χ1n) is 9.08. The Balaban J connectivity index is 1.42. The van der Waals surface area contributed by atoms with Gasteiger partial charge >= 0.3 is 0 Å². The standard InChI is InChI=1S/C23H22N2O/c1-16(18-9-5-10-19(13-18)20-11-6-12-24-15-20)25-23(26)22-14-21(22)17-7-3-2-4-8-17/h2-13,15-16,21-22H,14H2,1H3,(H,25,26)/t16-,21?,22?/m0/s1. The summed E-state index contributed by atoms with van der Waals surface area (Å²) in [6.07, 6.45) is 4.57. The zero-order chi connectivity index (χ0) is 17.9. The lowest BCUT2D eigenvalue weighted by molar-refractivity contribution is -0.123. The van der Waals surface area contributed by atoms with Crippen LogP contribution in [0.25, 0.3) is 11.1 Å². The zero-order valence-corrected chi connectivity index (χ0v) is 14.8. The normalized spacial score (nSPS) is 19.6. The minimum atomic E-state index is -0.0175. The maximum atomic E-state index is 12.6. The van der Waals surface area contributed by atoms with Crippen molar-refractivity contribution in [2.75, 3.05) is 0 Å². The molecule has 1 fully saturated rings. The van der Waals surface area contributed by atoms with Gasteiger partial charge in [0.15, 0.2) is 0 Å². The number of carbonyl (C=O) groups excluding carboxylic acids is 1. The summed E-state index contributed by atoms with van der Waals surface area (Å²) in [6, 6.07) is 22.6. The fourth-order valence-corrected chi connectivity index (χ4v) is 3.48. The second kappa shape index (κ2) is 7.12. The van der Waals surface area contributed by atoms with Crippen molar-refractivity contribution in [2.24, 2.45) is 5.92 Å². The minimum Gasteiger partial charge on any atom is -0.349 e. The van der Waals surface area contributed by atoms with Crippen molar-refractivity contribution in [3.05, 3.63) is 90.3 Å². The van der Waals surface area contributed by atoms with E-state index in [4.69, 9.17) is 0 Å². The van der Waals surface area contributed by atoms with Crippen molar-refractivity contribution in [3.8, 4) is 11.1 Å². The van der Waals surface area contributed by atoms with Gasteiger partial charge in [-0.15, -0.1) is 0 Å². The molecule has 1 aliphatic rings. The highest BCUT2D eigenvalue weighted by Gasteiger charge is 2.44. The van der Waals surface area contributed by atoms with Crippen molar-refractivity contribution >= 4 is 5.91 Å². The number of benzene rings is 2. The van der Waals surface area contributed by atoms with E-state index in [1.807, 2.05) is 49.5 Å². The number of nitrogens with one attached hydrogen (secondary N) is 1. The molecule has 3 nitrogen and oxygen atoms in total. The molecule has 1 N–H and O–H groups in total. The fraction of sp³-hybridized carbons (Fsp3) is 0.217. The monoisotopic (exact) mass is 342 g/mol. The molecule has 0 spiro atoms. The predicted molar refractivity (Wildman–Crippen MR) is 104 cm³/mol. The van der Waals surface area contributed by atoms with E-state index < -0.39 is 0 Å². The maximum absolute atomic E-state index is 12.6. The zero-order valence-electron chi connectivity index (χ0n) is 14.8. The van der Waals surface area contributed by atoms with Gasteiger partial charge in [-0.3, -0.25) is 9.78 Å². The molecule has 3 atom stereocenters. The van der Waals surface area contributed by atoms with E-state index in [1.165, 1.54) is 5.56 Å². The van der Waals surface area contributed by atoms with E-state index in [9.17, 15) is 4.79 Å². The van der Waals surface area contributed by atoms with Gasteiger partial charge in [0.05, 0.1) is 6.04 Å². The van der Waals surface area contributed by atoms with Crippen LogP contribution in [-0.2, 0) is 4.79 Å². The van der Waals surface area contributed by atoms with Crippen molar-refractivity contribution in [3.63, 3.8) is 0 Å². The number of aromatic nitrogens is 1. The van der Waals surface area contributed by atoms with Crippen LogP contribution in [0.2, 0.25) is 0 Å². The van der Waals surface area contributed by atoms with Gasteiger partial charge in [-0.05, 0) is 53.6 Å². The predicted octanol–water partition coefficient (Wildman–Crippen LogP) is 4.73. The Hall–Kier alpha value is -2.94. The minimum absolute atomic E-state index is 0.0175. The van der Waals surface area contributed by atoms with E-state index in [1.54, 1.807) is 6.20 Å². The third-order valence-electron chi connectivity index (χ3n) is 5.10. The maximum Gasteiger partial charge on any atom is 0.224 e. The SMILES string of the molecule is C[C@H](NC(=O)C1CC1c1ccccc1)c1cccc(-c2cccnc2)c1. The summed E-state index contributed by atoms with van der Waals surface area (Å²) in [6.45, 7) is 2.04. The summed E-state index contributed by atoms with van der Waals surface area (Å²) >= 11 is 0. The molecule has 1 aliphatic carbocycles. The lowest BCUT2D eigenvalue weighted by Crippen LogP contribution is -2.28. The molecule has 3 aromatic rings. The van der Waals surface area contributed by atoms with Gasteiger partial charge in [0.2, 0.25) is 5.91 Å². The lowest BCUT2D eigenvalue weighted by atomic mass is 10.0. The number of nitrogens with zero attached hydrogens (tertiary/aromatic N) is 1. The first kappa shape index (κ1) is 16.5. The molecule has 0 radical (unpaired) electrons. The highest BCUT2D eigenvalue weighted by atomic mass is 16.2. The Kier molecular flexibility index (Phi) is 4.53. The molecule has 1 aromatic heterocycles. The van der Waals surface area contributed by atoms with Crippen LogP contribution in [0.5, 0.6) is 0 Å². The quantitative estimate of drug-likeness (QED) is 0.728. The molecule has 1 heterocycles. The summed E-state index contributed by atoms with van der Waals surface area (Å²) in [4.78, 5) is 16.8. The molecule has 26 heavy (non-hydrogen) atoms. The molecule has 0 saturated heterocycles. The van der Waals surface area contributed by atoms with Gasteiger partial charge < -0.3 is 5.32 Å². The molecule has 1 amide bonds. The van der Waals surface area contributed by atoms with Gasteiger partial charge in [0, 0.05) is 18.3 Å². The van der Waals surface area contributed by atoms with Crippen LogP contribution in [0.15, 0.2) is 79.1 Å². The Labute approximate surface area is 154 Å². The van der Waals surface area contributed by atoms with E-state index in [2.05, 4.69) is 40.6 Å². The Morgan fingerprint density at radius 3 is 2.62 bits per heavy atom. The van der Waals surface area contributed by atoms with Crippen molar-refractivity contribution in [1.29, 1.82) is 0 Å². The molecule has 0 aliphatic heterocycles. The van der Waals surface area contributed by atoms with E-state index >= 15 is 0 Å². The van der Waals surface area contributed by atoms with Gasteiger partial charge in [0.25, 0.3) is 0 Å². The van der Waals surface area contributed by atoms with Gasteiger partial charge in [-0.1, -0.05) is 54.6 Å². The molecular weight excluding hydrogens is 320 g/mol. The summed E-state index contributed by atoms with van der Waals surface area (Å²) in [7, 11) is 0. The largest absolute Gasteiger partial charge is 0.349 e. The topological polar surface area (TPSA) is 42.0 Å². The molecule has 0 bridgehead atoms. The summed E-state index contributed by atoms with van der Waals surface area (Å²) in [5.41, 5.74) is 4.57. The average Bonchev–Trinajstić information content (AvgIpc) is 3.50. The summed E-state index contributed by atoms with van der Waals surface area (Å²) in [5, 5.41) is 3.18. The smallest absolute Gasteiger partial charge is 0.224 e. The number of pyridine rings is 1. The number of amides is 1. The third kappa shape index (κ3) is 3.52. The lowest BCUT2D eigenvalue weighted by Gasteiger charge is -2.15. The Morgan fingerprint density at radius 1 is 1.04 bits per heavy atom. The van der Waals surface area contributed by atoms with Gasteiger partial charge in [-0.2, -0.15) is 0 Å². The highest BCUT2D eigenvalue weighted by molar-refractivity contribution is 5.83. The van der Waals surface area contributed by atoms with Gasteiger partial charge in [0.1, 0.15) is 0 Å². The van der Waals surface area contributed by atoms with Crippen LogP contribution < -0.4 is 5.32 Å². The van der Waals surface area contributed by atoms with Crippen LogP contribution in [0.1, 0.15) is 36.4 Å². The summed E-state index contributed by atoms with van der Waals surface area (Å²) < 4.78 is 0. The number of hydrogen-bond acceptors (Lipinski definition) is 2. The van der Waals surface area contributed by atoms with Crippen LogP contribution in [0, 0.1) is 5.92 Å². The molecule has 4 rings (SSSR count). The molecule has 2 aromatic carbocycles. The highest BCUT2D eigenvalue weighted by Crippen LogP contribution is 2.47. The Morgan fingerprint density at radius 2 is 1.85 bits per heavy atom. The second-order valence-electron chi connectivity index (χ2n) is 6.96. The number of rotatable bonds is 5. The first-order chi connectivity index (χ1) is 12.7. The van der Waals surface area contributed by atoms with Crippen LogP contribution >= 0.6 is 0 Å². The first-order valence-corrected chi connectivity index (χ1v) is 9.08. The van der Waals surface area contributed by atoms with Crippen molar-refractivity contribution < 1.29 is 4.79 Å². The number of hydrogen-bond donors (Lipinski definition) is 1. The molecule has 3 heteroatoms. The molecule has 2 unspecified atom stereocenters. The second-order valence-corrected chi connectivity index (χ2v) is 6.96. The third-order valence-corrected chi connectivity index (χ3v) is 5.10. The van der Waals surface area contributed by atoms with Crippen LogP contribution in [0.4, 0.5) is 0 Å². The number of carbonyl (C=O) groups is 1.